The summed E-state index contributed by atoms with van der Waals surface area (Å²) in [4.78, 5) is 4.51. The summed E-state index contributed by atoms with van der Waals surface area (Å²) in [6.07, 6.45) is 0.586. The molecule has 1 atom stereocenters. The lowest BCUT2D eigenvalue weighted by Crippen LogP contribution is -2.39. The van der Waals surface area contributed by atoms with Gasteiger partial charge in [0.25, 0.3) is 0 Å². The maximum Gasteiger partial charge on any atom is 0.126 e. The van der Waals surface area contributed by atoms with Crippen LogP contribution in [0.4, 0.5) is 4.39 Å². The van der Waals surface area contributed by atoms with E-state index in [-0.39, 0.29) is 11.4 Å². The number of thiazole rings is 1. The lowest BCUT2D eigenvalue weighted by atomic mass is 9.93. The Morgan fingerprint density at radius 3 is 2.67 bits per heavy atom. The fourth-order valence-electron chi connectivity index (χ4n) is 1.90. The Morgan fingerprint density at radius 2 is 2.11 bits per heavy atom. The maximum absolute atomic E-state index is 13.7. The normalized spacial score (nSPS) is 14.4. The zero-order chi connectivity index (χ0) is 13.2. The molecule has 0 aliphatic carbocycles. The predicted molar refractivity (Wildman–Crippen MR) is 73.4 cm³/mol. The van der Waals surface area contributed by atoms with Gasteiger partial charge in [-0.2, -0.15) is 0 Å². The molecule has 1 N–H and O–H groups in total. The van der Waals surface area contributed by atoms with Crippen LogP contribution in [0.3, 0.4) is 0 Å². The van der Waals surface area contributed by atoms with E-state index in [2.05, 4.69) is 17.2 Å². The number of hydrogen-bond donors (Lipinski definition) is 1. The van der Waals surface area contributed by atoms with E-state index in [1.54, 1.807) is 17.4 Å². The summed E-state index contributed by atoms with van der Waals surface area (Å²) >= 11 is 1.61. The highest BCUT2D eigenvalue weighted by Crippen LogP contribution is 2.28. The zero-order valence-electron chi connectivity index (χ0n) is 10.8. The van der Waals surface area contributed by atoms with E-state index in [1.807, 2.05) is 31.5 Å². The van der Waals surface area contributed by atoms with Gasteiger partial charge in [0.2, 0.25) is 0 Å². The largest absolute Gasteiger partial charge is 0.308 e. The molecule has 1 aromatic heterocycles. The number of aromatic nitrogens is 1. The van der Waals surface area contributed by atoms with Gasteiger partial charge in [-0.1, -0.05) is 18.2 Å². The average molecular weight is 264 g/mol. The van der Waals surface area contributed by atoms with Crippen molar-refractivity contribution in [3.05, 3.63) is 51.7 Å². The van der Waals surface area contributed by atoms with Crippen LogP contribution in [-0.2, 0) is 12.0 Å². The molecule has 0 aliphatic rings. The summed E-state index contributed by atoms with van der Waals surface area (Å²) < 4.78 is 13.7. The first-order chi connectivity index (χ1) is 8.55. The lowest BCUT2D eigenvalue weighted by Gasteiger charge is -2.27. The van der Waals surface area contributed by atoms with Crippen molar-refractivity contribution in [1.29, 1.82) is 0 Å². The van der Waals surface area contributed by atoms with Crippen LogP contribution in [0, 0.1) is 12.7 Å². The number of aryl methyl sites for hydroxylation is 1. The fraction of sp³-hybridized carbons (Fsp3) is 0.357. The third kappa shape index (κ3) is 2.60. The molecular weight excluding hydrogens is 247 g/mol. The first-order valence-electron chi connectivity index (χ1n) is 5.90. The van der Waals surface area contributed by atoms with Crippen molar-refractivity contribution in [3.63, 3.8) is 0 Å². The van der Waals surface area contributed by atoms with Gasteiger partial charge in [0.05, 0.1) is 5.54 Å². The minimum Gasteiger partial charge on any atom is -0.308 e. The molecule has 1 heterocycles. The Kier molecular flexibility index (Phi) is 3.78. The lowest BCUT2D eigenvalue weighted by molar-refractivity contribution is 0.388. The molecule has 0 radical (unpaired) electrons. The van der Waals surface area contributed by atoms with Gasteiger partial charge in [-0.25, -0.2) is 9.37 Å². The summed E-state index contributed by atoms with van der Waals surface area (Å²) in [5.74, 6) is -0.160. The van der Waals surface area contributed by atoms with Gasteiger partial charge < -0.3 is 5.32 Å². The van der Waals surface area contributed by atoms with E-state index in [0.29, 0.717) is 12.0 Å². The summed E-state index contributed by atoms with van der Waals surface area (Å²) in [5.41, 5.74) is 1.38. The number of nitrogens with zero attached hydrogens (tertiary/aromatic N) is 1. The number of rotatable bonds is 4. The van der Waals surface area contributed by atoms with E-state index in [9.17, 15) is 4.39 Å². The fourth-order valence-corrected chi connectivity index (χ4v) is 2.87. The molecule has 2 nitrogen and oxygen atoms in total. The Morgan fingerprint density at radius 1 is 1.39 bits per heavy atom. The van der Waals surface area contributed by atoms with Crippen molar-refractivity contribution < 1.29 is 4.39 Å². The number of benzene rings is 1. The van der Waals surface area contributed by atoms with Gasteiger partial charge in [-0.05, 0) is 38.9 Å². The molecule has 0 bridgehead atoms. The van der Waals surface area contributed by atoms with Gasteiger partial charge in [0.1, 0.15) is 10.8 Å². The number of nitrogens with one attached hydrogen (secondary N) is 1. The Bertz CT molecular complexity index is 538. The molecule has 0 aliphatic heterocycles. The maximum atomic E-state index is 13.7. The third-order valence-electron chi connectivity index (χ3n) is 3.14. The molecule has 0 fully saturated rings. The molecule has 0 saturated carbocycles. The van der Waals surface area contributed by atoms with Crippen molar-refractivity contribution >= 4 is 11.3 Å². The van der Waals surface area contributed by atoms with Crippen molar-refractivity contribution in [2.45, 2.75) is 25.8 Å². The van der Waals surface area contributed by atoms with Crippen LogP contribution in [-0.4, -0.2) is 12.0 Å². The van der Waals surface area contributed by atoms with Crippen LogP contribution in [0.1, 0.15) is 23.2 Å². The van der Waals surface area contributed by atoms with E-state index >= 15 is 0 Å². The van der Waals surface area contributed by atoms with Crippen molar-refractivity contribution in [3.8, 4) is 0 Å². The van der Waals surface area contributed by atoms with Gasteiger partial charge in [0.15, 0.2) is 0 Å². The molecule has 2 rings (SSSR count). The van der Waals surface area contributed by atoms with Gasteiger partial charge >= 0.3 is 0 Å². The Labute approximate surface area is 111 Å². The quantitative estimate of drug-likeness (QED) is 0.916. The van der Waals surface area contributed by atoms with Gasteiger partial charge in [-0.3, -0.25) is 0 Å². The van der Waals surface area contributed by atoms with Crippen molar-refractivity contribution in [2.75, 3.05) is 7.05 Å². The molecule has 1 unspecified atom stereocenters. The van der Waals surface area contributed by atoms with E-state index in [1.165, 1.54) is 6.07 Å². The summed E-state index contributed by atoms with van der Waals surface area (Å²) in [7, 11) is 1.89. The minimum atomic E-state index is -0.332. The Balaban J connectivity index is 2.31. The Hall–Kier alpha value is -1.26. The topological polar surface area (TPSA) is 24.9 Å². The molecule has 4 heteroatoms. The minimum absolute atomic E-state index is 0.160. The SMILES string of the molecule is CNC(C)(Cc1ccccc1F)c1nc(C)cs1. The van der Waals surface area contributed by atoms with E-state index in [0.717, 1.165) is 10.7 Å². The van der Waals surface area contributed by atoms with Crippen LogP contribution in [0.25, 0.3) is 0 Å². The first kappa shape index (κ1) is 13.2. The second-order valence-electron chi connectivity index (χ2n) is 4.64. The molecular formula is C14H17FN2S. The summed E-state index contributed by atoms with van der Waals surface area (Å²) in [6, 6.07) is 6.90. The standard InChI is InChI=1S/C14H17FN2S/c1-10-9-18-13(17-10)14(2,16-3)8-11-6-4-5-7-12(11)15/h4-7,9,16H,8H2,1-3H3. The van der Waals surface area contributed by atoms with Gasteiger partial charge in [-0.15, -0.1) is 11.3 Å². The zero-order valence-corrected chi connectivity index (χ0v) is 11.6. The van der Waals surface area contributed by atoms with Crippen LogP contribution in [0.2, 0.25) is 0 Å². The molecule has 18 heavy (non-hydrogen) atoms. The van der Waals surface area contributed by atoms with Crippen molar-refractivity contribution in [1.82, 2.24) is 10.3 Å². The predicted octanol–water partition coefficient (Wildman–Crippen LogP) is 3.27. The first-order valence-corrected chi connectivity index (χ1v) is 6.78. The highest BCUT2D eigenvalue weighted by molar-refractivity contribution is 7.09. The third-order valence-corrected chi connectivity index (χ3v) is 4.37. The molecule has 1 aromatic carbocycles. The van der Waals surface area contributed by atoms with Crippen molar-refractivity contribution in [2.24, 2.45) is 0 Å². The summed E-state index contributed by atoms with van der Waals surface area (Å²) in [5, 5.41) is 6.28. The molecule has 0 spiro atoms. The monoisotopic (exact) mass is 264 g/mol. The highest BCUT2D eigenvalue weighted by Gasteiger charge is 2.29. The smallest absolute Gasteiger partial charge is 0.126 e. The van der Waals surface area contributed by atoms with E-state index < -0.39 is 0 Å². The summed E-state index contributed by atoms with van der Waals surface area (Å²) in [6.45, 7) is 4.02. The molecule has 0 saturated heterocycles. The number of hydrogen-bond acceptors (Lipinski definition) is 3. The van der Waals surface area contributed by atoms with Crippen LogP contribution in [0.5, 0.6) is 0 Å². The molecule has 0 amide bonds. The highest BCUT2D eigenvalue weighted by atomic mass is 32.1. The number of halogens is 1. The van der Waals surface area contributed by atoms with Gasteiger partial charge in [0, 0.05) is 11.1 Å². The number of likely N-dealkylation sites (N-methyl/N-ethyl adjacent to an activating group) is 1. The van der Waals surface area contributed by atoms with E-state index in [4.69, 9.17) is 0 Å². The van der Waals surface area contributed by atoms with Crippen LogP contribution < -0.4 is 5.32 Å². The second kappa shape index (κ2) is 5.16. The molecule has 2 aromatic rings. The van der Waals surface area contributed by atoms with Crippen LogP contribution >= 0.6 is 11.3 Å². The second-order valence-corrected chi connectivity index (χ2v) is 5.50. The average Bonchev–Trinajstić information content (AvgIpc) is 2.79. The molecule has 96 valence electrons. The van der Waals surface area contributed by atoms with Crippen LogP contribution in [0.15, 0.2) is 29.6 Å².